The van der Waals surface area contributed by atoms with Gasteiger partial charge in [-0.05, 0) is 54.6 Å². The van der Waals surface area contributed by atoms with Crippen LogP contribution in [0.4, 0.5) is 0 Å². The second-order valence-corrected chi connectivity index (χ2v) is 6.64. The van der Waals surface area contributed by atoms with Crippen molar-refractivity contribution in [3.05, 3.63) is 76.0 Å². The number of fused-ring (bicyclic) bond motifs is 1. The molecule has 0 bridgehead atoms. The standard InChI is InChI=1S/C21H14Cl2O4/c22-16-3-1-2-15(21(16)23)18-9-6-14(27-18)5-7-17(24)13-4-8-19-20(12-13)26-11-10-25-19/h1-9,12H,10-11H2/b7-5+. The largest absolute Gasteiger partial charge is 0.486 e. The molecule has 136 valence electrons. The third-order valence-electron chi connectivity index (χ3n) is 4.07. The fourth-order valence-electron chi connectivity index (χ4n) is 2.73. The zero-order chi connectivity index (χ0) is 18.8. The van der Waals surface area contributed by atoms with Gasteiger partial charge in [0.25, 0.3) is 0 Å². The molecule has 0 spiro atoms. The highest BCUT2D eigenvalue weighted by Crippen LogP contribution is 2.34. The molecule has 2 aromatic carbocycles. The van der Waals surface area contributed by atoms with E-state index in [4.69, 9.17) is 37.1 Å². The summed E-state index contributed by atoms with van der Waals surface area (Å²) in [6.07, 6.45) is 3.06. The van der Waals surface area contributed by atoms with Gasteiger partial charge < -0.3 is 13.9 Å². The number of carbonyl (C=O) groups is 1. The Hall–Kier alpha value is -2.69. The van der Waals surface area contributed by atoms with Gasteiger partial charge in [-0.25, -0.2) is 0 Å². The molecule has 1 aliphatic rings. The summed E-state index contributed by atoms with van der Waals surface area (Å²) in [6, 6.07) is 14.0. The molecule has 4 nitrogen and oxygen atoms in total. The Bertz CT molecular complexity index is 1040. The molecule has 1 aromatic heterocycles. The van der Waals surface area contributed by atoms with E-state index in [9.17, 15) is 4.79 Å². The first-order valence-corrected chi connectivity index (χ1v) is 9.04. The lowest BCUT2D eigenvalue weighted by atomic mass is 10.1. The summed E-state index contributed by atoms with van der Waals surface area (Å²) in [5, 5.41) is 0.882. The summed E-state index contributed by atoms with van der Waals surface area (Å²) in [5.41, 5.74) is 1.21. The summed E-state index contributed by atoms with van der Waals surface area (Å²) in [6.45, 7) is 0.985. The summed E-state index contributed by atoms with van der Waals surface area (Å²) in [5.74, 6) is 2.18. The molecule has 4 rings (SSSR count). The Morgan fingerprint density at radius 3 is 2.63 bits per heavy atom. The zero-order valence-electron chi connectivity index (χ0n) is 14.1. The highest BCUT2D eigenvalue weighted by molar-refractivity contribution is 6.43. The van der Waals surface area contributed by atoms with Gasteiger partial charge in [-0.15, -0.1) is 0 Å². The summed E-state index contributed by atoms with van der Waals surface area (Å²) < 4.78 is 16.7. The van der Waals surface area contributed by atoms with Crippen LogP contribution in [-0.4, -0.2) is 19.0 Å². The van der Waals surface area contributed by atoms with Gasteiger partial charge >= 0.3 is 0 Å². The van der Waals surface area contributed by atoms with E-state index in [1.807, 2.05) is 6.07 Å². The SMILES string of the molecule is O=C(/C=C/c1ccc(-c2cccc(Cl)c2Cl)o1)c1ccc2c(c1)OCCO2. The van der Waals surface area contributed by atoms with Crippen molar-refractivity contribution in [1.29, 1.82) is 0 Å². The summed E-state index contributed by atoms with van der Waals surface area (Å²) in [4.78, 5) is 12.4. The molecule has 0 saturated heterocycles. The molecule has 0 N–H and O–H groups in total. The molecule has 0 amide bonds. The predicted octanol–water partition coefficient (Wildman–Crippen LogP) is 5.92. The van der Waals surface area contributed by atoms with Crippen LogP contribution in [-0.2, 0) is 0 Å². The Balaban J connectivity index is 1.52. The molecular formula is C21H14Cl2O4. The molecule has 0 fully saturated rings. The number of halogens is 2. The number of allylic oxidation sites excluding steroid dienone is 1. The second kappa shape index (κ2) is 7.51. The first kappa shape index (κ1) is 17.7. The molecule has 0 atom stereocenters. The van der Waals surface area contributed by atoms with Crippen molar-refractivity contribution >= 4 is 35.1 Å². The van der Waals surface area contributed by atoms with E-state index in [2.05, 4.69) is 0 Å². The summed E-state index contributed by atoms with van der Waals surface area (Å²) >= 11 is 12.3. The minimum Gasteiger partial charge on any atom is -0.486 e. The molecule has 0 radical (unpaired) electrons. The van der Waals surface area contributed by atoms with Crippen LogP contribution in [0, 0.1) is 0 Å². The van der Waals surface area contributed by atoms with Crippen LogP contribution in [0.3, 0.4) is 0 Å². The number of benzene rings is 2. The Morgan fingerprint density at radius 1 is 0.963 bits per heavy atom. The maximum absolute atomic E-state index is 12.4. The monoisotopic (exact) mass is 400 g/mol. The zero-order valence-corrected chi connectivity index (χ0v) is 15.6. The molecular weight excluding hydrogens is 387 g/mol. The van der Waals surface area contributed by atoms with Crippen molar-refractivity contribution in [1.82, 2.24) is 0 Å². The third-order valence-corrected chi connectivity index (χ3v) is 4.89. The van der Waals surface area contributed by atoms with Gasteiger partial charge in [-0.2, -0.15) is 0 Å². The highest BCUT2D eigenvalue weighted by atomic mass is 35.5. The number of carbonyl (C=O) groups excluding carboxylic acids is 1. The number of hydrogen-bond acceptors (Lipinski definition) is 4. The molecule has 0 aliphatic carbocycles. The number of rotatable bonds is 4. The van der Waals surface area contributed by atoms with Gasteiger partial charge in [-0.1, -0.05) is 29.3 Å². The molecule has 3 aromatic rings. The van der Waals surface area contributed by atoms with Crippen LogP contribution in [0.5, 0.6) is 11.5 Å². The van der Waals surface area contributed by atoms with Crippen LogP contribution in [0.15, 0.2) is 59.0 Å². The van der Waals surface area contributed by atoms with E-state index >= 15 is 0 Å². The van der Waals surface area contributed by atoms with Gasteiger partial charge in [0.1, 0.15) is 24.7 Å². The minimum absolute atomic E-state index is 0.161. The van der Waals surface area contributed by atoms with Crippen molar-refractivity contribution < 1.29 is 18.7 Å². The lowest BCUT2D eigenvalue weighted by Gasteiger charge is -2.18. The highest BCUT2D eigenvalue weighted by Gasteiger charge is 2.14. The number of hydrogen-bond donors (Lipinski definition) is 0. The van der Waals surface area contributed by atoms with Crippen LogP contribution < -0.4 is 9.47 Å². The smallest absolute Gasteiger partial charge is 0.186 e. The average molecular weight is 401 g/mol. The number of ketones is 1. The first-order valence-electron chi connectivity index (χ1n) is 8.28. The van der Waals surface area contributed by atoms with Crippen LogP contribution in [0.25, 0.3) is 17.4 Å². The van der Waals surface area contributed by atoms with E-state index in [0.29, 0.717) is 57.4 Å². The van der Waals surface area contributed by atoms with Crippen LogP contribution in [0.1, 0.15) is 16.1 Å². The van der Waals surface area contributed by atoms with Crippen molar-refractivity contribution in [3.63, 3.8) is 0 Å². The predicted molar refractivity (Wildman–Crippen MR) is 105 cm³/mol. The Labute approximate surface area is 165 Å². The normalized spacial score (nSPS) is 13.1. The van der Waals surface area contributed by atoms with Gasteiger partial charge in [0.15, 0.2) is 17.3 Å². The van der Waals surface area contributed by atoms with Gasteiger partial charge in [-0.3, -0.25) is 4.79 Å². The third kappa shape index (κ3) is 3.72. The number of furan rings is 1. The molecule has 27 heavy (non-hydrogen) atoms. The van der Waals surface area contributed by atoms with Crippen molar-refractivity contribution in [3.8, 4) is 22.8 Å². The maximum atomic E-state index is 12.4. The first-order chi connectivity index (χ1) is 13.1. The average Bonchev–Trinajstić information content (AvgIpc) is 3.16. The van der Waals surface area contributed by atoms with E-state index < -0.39 is 0 Å². The fourth-order valence-corrected chi connectivity index (χ4v) is 3.13. The molecule has 0 unspecified atom stereocenters. The lowest BCUT2D eigenvalue weighted by Crippen LogP contribution is -2.15. The second-order valence-electron chi connectivity index (χ2n) is 5.86. The Kier molecular flexibility index (Phi) is 4.92. The molecule has 6 heteroatoms. The van der Waals surface area contributed by atoms with Gasteiger partial charge in [0.05, 0.1) is 10.0 Å². The van der Waals surface area contributed by atoms with E-state index in [1.165, 1.54) is 6.08 Å². The topological polar surface area (TPSA) is 48.7 Å². The summed E-state index contributed by atoms with van der Waals surface area (Å²) in [7, 11) is 0. The van der Waals surface area contributed by atoms with Crippen LogP contribution in [0.2, 0.25) is 10.0 Å². The van der Waals surface area contributed by atoms with E-state index in [-0.39, 0.29) is 5.78 Å². The van der Waals surface area contributed by atoms with Crippen LogP contribution >= 0.6 is 23.2 Å². The van der Waals surface area contributed by atoms with Gasteiger partial charge in [0.2, 0.25) is 0 Å². The van der Waals surface area contributed by atoms with Gasteiger partial charge in [0, 0.05) is 11.1 Å². The number of ether oxygens (including phenoxy) is 2. The minimum atomic E-state index is -0.161. The van der Waals surface area contributed by atoms with E-state index in [0.717, 1.165) is 0 Å². The molecule has 2 heterocycles. The quantitative estimate of drug-likeness (QED) is 0.402. The lowest BCUT2D eigenvalue weighted by molar-refractivity contribution is 0.104. The fraction of sp³-hybridized carbons (Fsp3) is 0.0952. The molecule has 1 aliphatic heterocycles. The van der Waals surface area contributed by atoms with Crippen molar-refractivity contribution in [2.75, 3.05) is 13.2 Å². The van der Waals surface area contributed by atoms with Crippen molar-refractivity contribution in [2.24, 2.45) is 0 Å². The maximum Gasteiger partial charge on any atom is 0.186 e. The Morgan fingerprint density at radius 2 is 1.78 bits per heavy atom. The molecule has 0 saturated carbocycles. The van der Waals surface area contributed by atoms with E-state index in [1.54, 1.807) is 48.5 Å². The van der Waals surface area contributed by atoms with Crippen molar-refractivity contribution in [2.45, 2.75) is 0 Å².